The van der Waals surface area contributed by atoms with Gasteiger partial charge < -0.3 is 15.8 Å². The van der Waals surface area contributed by atoms with Gasteiger partial charge in [0, 0.05) is 14.1 Å². The number of rotatable bonds is 4. The summed E-state index contributed by atoms with van der Waals surface area (Å²) in [6.07, 6.45) is 1.69. The van der Waals surface area contributed by atoms with Crippen molar-refractivity contribution in [2.45, 2.75) is 6.42 Å². The molecule has 0 fully saturated rings. The van der Waals surface area contributed by atoms with Crippen molar-refractivity contribution < 1.29 is 9.84 Å². The van der Waals surface area contributed by atoms with Gasteiger partial charge in [-0.1, -0.05) is 10.3 Å². The number of aromatic nitrogens is 2. The minimum absolute atomic E-state index is 0.0204. The average Bonchev–Trinajstić information content (AvgIpc) is 2.62. The Morgan fingerprint density at radius 1 is 1.60 bits per heavy atom. The molecule has 0 saturated carbocycles. The van der Waals surface area contributed by atoms with Gasteiger partial charge in [-0.2, -0.15) is 0 Å². The third-order valence-corrected chi connectivity index (χ3v) is 1.42. The second kappa shape index (κ2) is 4.94. The van der Waals surface area contributed by atoms with Crippen molar-refractivity contribution in [3.8, 4) is 0 Å². The Bertz CT molecular complexity index is 369. The van der Waals surface area contributed by atoms with E-state index in [-0.39, 0.29) is 12.3 Å². The monoisotopic (exact) mass is 212 g/mol. The van der Waals surface area contributed by atoms with Crippen molar-refractivity contribution in [2.24, 2.45) is 15.9 Å². The Morgan fingerprint density at radius 3 is 2.93 bits per heavy atom. The van der Waals surface area contributed by atoms with E-state index in [1.54, 1.807) is 11.2 Å². The fourth-order valence-electron chi connectivity index (χ4n) is 0.788. The van der Waals surface area contributed by atoms with E-state index < -0.39 is 0 Å². The zero-order valence-electron chi connectivity index (χ0n) is 8.45. The lowest BCUT2D eigenvalue weighted by atomic mass is 10.3. The highest BCUT2D eigenvalue weighted by Crippen LogP contribution is 2.13. The van der Waals surface area contributed by atoms with E-state index >= 15 is 0 Å². The molecule has 0 aliphatic carbocycles. The zero-order valence-corrected chi connectivity index (χ0v) is 8.45. The van der Waals surface area contributed by atoms with Crippen LogP contribution in [0, 0.1) is 0 Å². The number of hydrogen-bond donors (Lipinski definition) is 2. The van der Waals surface area contributed by atoms with Crippen molar-refractivity contribution >= 4 is 18.0 Å². The van der Waals surface area contributed by atoms with Crippen LogP contribution in [0.25, 0.3) is 0 Å². The number of nitrogens with zero attached hydrogens (tertiary/aromatic N) is 5. The Labute approximate surface area is 86.0 Å². The van der Waals surface area contributed by atoms with Gasteiger partial charge in [0.05, 0.1) is 12.8 Å². The van der Waals surface area contributed by atoms with Crippen LogP contribution in [-0.4, -0.2) is 46.7 Å². The van der Waals surface area contributed by atoms with Gasteiger partial charge in [-0.3, -0.25) is 0 Å². The molecule has 1 heterocycles. The number of aliphatic imine (C=N–C) groups is 1. The largest absolute Gasteiger partial charge is 0.409 e. The van der Waals surface area contributed by atoms with Crippen LogP contribution in [0.4, 0.5) is 5.82 Å². The summed E-state index contributed by atoms with van der Waals surface area (Å²) in [6, 6.07) is 0. The Hall–Kier alpha value is -2.12. The molecular weight excluding hydrogens is 200 g/mol. The van der Waals surface area contributed by atoms with E-state index in [0.29, 0.717) is 11.5 Å². The molecule has 0 aliphatic heterocycles. The third-order valence-electron chi connectivity index (χ3n) is 1.42. The molecule has 0 atom stereocenters. The van der Waals surface area contributed by atoms with Crippen LogP contribution in [-0.2, 0) is 6.42 Å². The van der Waals surface area contributed by atoms with Crippen LogP contribution in [0.5, 0.6) is 0 Å². The van der Waals surface area contributed by atoms with Gasteiger partial charge in [0.25, 0.3) is 0 Å². The molecule has 0 amide bonds. The van der Waals surface area contributed by atoms with Gasteiger partial charge in [0.2, 0.25) is 5.82 Å². The summed E-state index contributed by atoms with van der Waals surface area (Å²) in [4.78, 5) is 5.73. The summed E-state index contributed by atoms with van der Waals surface area (Å²) in [5.74, 6) is 0.335. The molecule has 1 rings (SSSR count). The highest BCUT2D eigenvalue weighted by molar-refractivity contribution is 5.82. The summed E-state index contributed by atoms with van der Waals surface area (Å²) < 4.78 is 4.50. The van der Waals surface area contributed by atoms with E-state index in [2.05, 4.69) is 25.1 Å². The van der Waals surface area contributed by atoms with Crippen LogP contribution in [0.2, 0.25) is 0 Å². The van der Waals surface area contributed by atoms with E-state index in [9.17, 15) is 0 Å². The highest BCUT2D eigenvalue weighted by atomic mass is 16.6. The Kier molecular flexibility index (Phi) is 3.61. The van der Waals surface area contributed by atoms with Crippen molar-refractivity contribution in [1.82, 2.24) is 15.2 Å². The summed E-state index contributed by atoms with van der Waals surface area (Å²) in [5.41, 5.74) is 5.74. The molecular formula is C7H12N6O2. The molecule has 8 heteroatoms. The van der Waals surface area contributed by atoms with Crippen LogP contribution in [0.1, 0.15) is 5.69 Å². The van der Waals surface area contributed by atoms with Gasteiger partial charge in [0.15, 0.2) is 0 Å². The quantitative estimate of drug-likeness (QED) is 0.303. The second-order valence-electron chi connectivity index (χ2n) is 3.01. The van der Waals surface area contributed by atoms with Crippen LogP contribution < -0.4 is 5.73 Å². The molecule has 0 unspecified atom stereocenters. The highest BCUT2D eigenvalue weighted by Gasteiger charge is 2.10. The molecule has 1 aromatic rings. The number of nitrogens with two attached hydrogens (primary N) is 1. The van der Waals surface area contributed by atoms with E-state index in [1.807, 2.05) is 14.1 Å². The summed E-state index contributed by atoms with van der Waals surface area (Å²) in [7, 11) is 3.64. The fraction of sp³-hybridized carbons (Fsp3) is 0.429. The van der Waals surface area contributed by atoms with E-state index in [0.717, 1.165) is 0 Å². The van der Waals surface area contributed by atoms with Gasteiger partial charge in [-0.25, -0.2) is 9.62 Å². The van der Waals surface area contributed by atoms with Gasteiger partial charge in [-0.05, 0) is 5.16 Å². The van der Waals surface area contributed by atoms with Crippen molar-refractivity contribution in [1.29, 1.82) is 0 Å². The van der Waals surface area contributed by atoms with Gasteiger partial charge in [-0.15, -0.1) is 0 Å². The van der Waals surface area contributed by atoms with Crippen molar-refractivity contribution in [3.63, 3.8) is 0 Å². The molecule has 1 aromatic heterocycles. The molecule has 3 N–H and O–H groups in total. The van der Waals surface area contributed by atoms with E-state index in [1.165, 1.54) is 0 Å². The minimum atomic E-state index is 0.0204. The molecule has 0 bridgehead atoms. The smallest absolute Gasteiger partial charge is 0.221 e. The van der Waals surface area contributed by atoms with Crippen molar-refractivity contribution in [2.75, 3.05) is 14.1 Å². The molecule has 0 aliphatic rings. The lowest BCUT2D eigenvalue weighted by Gasteiger charge is -2.00. The molecule has 8 nitrogen and oxygen atoms in total. The third kappa shape index (κ3) is 3.25. The Balaban J connectivity index is 2.78. The molecule has 0 spiro atoms. The summed E-state index contributed by atoms with van der Waals surface area (Å²) in [5, 5.41) is 18.4. The standard InChI is InChI=1S/C7H12N6O2/c1-13(2)4-9-7-5(11-15-12-7)3-6(8)10-14/h4,14H,3H2,1-2H3,(H2,8,10). The average molecular weight is 212 g/mol. The van der Waals surface area contributed by atoms with Crippen LogP contribution in [0.15, 0.2) is 14.8 Å². The predicted octanol–water partition coefficient (Wildman–Crippen LogP) is -0.420. The molecule has 15 heavy (non-hydrogen) atoms. The number of oxime groups is 1. The molecule has 0 saturated heterocycles. The fourth-order valence-corrected chi connectivity index (χ4v) is 0.788. The predicted molar refractivity (Wildman–Crippen MR) is 53.2 cm³/mol. The normalized spacial score (nSPS) is 12.3. The maximum Gasteiger partial charge on any atom is 0.221 e. The van der Waals surface area contributed by atoms with Crippen LogP contribution >= 0.6 is 0 Å². The molecule has 0 radical (unpaired) electrons. The van der Waals surface area contributed by atoms with Gasteiger partial charge >= 0.3 is 0 Å². The zero-order chi connectivity index (χ0) is 11.3. The maximum absolute atomic E-state index is 8.38. The summed E-state index contributed by atoms with van der Waals surface area (Å²) in [6.45, 7) is 0. The maximum atomic E-state index is 8.38. The lowest BCUT2D eigenvalue weighted by Crippen LogP contribution is -2.15. The molecule has 82 valence electrons. The first-order valence-corrected chi connectivity index (χ1v) is 4.12. The minimum Gasteiger partial charge on any atom is -0.409 e. The first-order valence-electron chi connectivity index (χ1n) is 4.12. The number of hydrogen-bond acceptors (Lipinski definition) is 6. The SMILES string of the molecule is CN(C)C=Nc1nonc1CC(N)=NO. The first-order chi connectivity index (χ1) is 7.13. The van der Waals surface area contributed by atoms with E-state index in [4.69, 9.17) is 10.9 Å². The second-order valence-corrected chi connectivity index (χ2v) is 3.01. The van der Waals surface area contributed by atoms with Crippen molar-refractivity contribution in [3.05, 3.63) is 5.69 Å². The lowest BCUT2D eigenvalue weighted by molar-refractivity contribution is 0.304. The topological polar surface area (TPSA) is 113 Å². The Morgan fingerprint density at radius 2 is 2.33 bits per heavy atom. The summed E-state index contributed by atoms with van der Waals surface area (Å²) >= 11 is 0. The molecule has 0 aromatic carbocycles. The first kappa shape index (κ1) is 11.0. The number of amidine groups is 1. The van der Waals surface area contributed by atoms with Crippen LogP contribution in [0.3, 0.4) is 0 Å². The van der Waals surface area contributed by atoms with Gasteiger partial charge in [0.1, 0.15) is 11.5 Å².